The second-order valence-electron chi connectivity index (χ2n) is 8.48. The zero-order valence-electron chi connectivity index (χ0n) is 16.5. The van der Waals surface area contributed by atoms with Crippen LogP contribution in [0.25, 0.3) is 11.4 Å². The predicted molar refractivity (Wildman–Crippen MR) is 108 cm³/mol. The molecule has 5 rings (SSSR count). The Morgan fingerprint density at radius 3 is 2.75 bits per heavy atom. The second-order valence-corrected chi connectivity index (χ2v) is 8.48. The zero-order valence-corrected chi connectivity index (χ0v) is 16.5. The first kappa shape index (κ1) is 17.9. The molecule has 1 aliphatic carbocycles. The van der Waals surface area contributed by atoms with Gasteiger partial charge in [0, 0.05) is 37.2 Å². The van der Waals surface area contributed by atoms with E-state index in [2.05, 4.69) is 21.6 Å². The number of carbonyl (C=O) groups excluding carboxylic acids is 1. The standard InChI is InChI=1S/C23H29N3O2/c27-23(26(19-10-11-19)15-17-12-14-28-16-17)21-20-9-5-2-6-13-25(20)22(24-21)18-7-3-1-4-8-18/h1,3-4,7-8,17,19H,2,5-6,9-16H2. The summed E-state index contributed by atoms with van der Waals surface area (Å²) in [5, 5.41) is 0. The van der Waals surface area contributed by atoms with E-state index in [4.69, 9.17) is 9.72 Å². The number of ether oxygens (including phenoxy) is 1. The maximum atomic E-state index is 13.7. The van der Waals surface area contributed by atoms with Crippen molar-refractivity contribution >= 4 is 5.91 Å². The van der Waals surface area contributed by atoms with E-state index in [9.17, 15) is 4.79 Å². The Bertz CT molecular complexity index is 835. The Labute approximate surface area is 166 Å². The molecule has 0 radical (unpaired) electrons. The molecule has 0 spiro atoms. The third-order valence-electron chi connectivity index (χ3n) is 6.33. The third-order valence-corrected chi connectivity index (χ3v) is 6.33. The Kier molecular flexibility index (Phi) is 4.93. The van der Waals surface area contributed by atoms with Crippen molar-refractivity contribution in [1.82, 2.24) is 14.5 Å². The van der Waals surface area contributed by atoms with Crippen LogP contribution in [-0.2, 0) is 17.7 Å². The van der Waals surface area contributed by atoms with Gasteiger partial charge < -0.3 is 14.2 Å². The lowest BCUT2D eigenvalue weighted by Gasteiger charge is -2.25. The summed E-state index contributed by atoms with van der Waals surface area (Å²) in [7, 11) is 0. The molecule has 2 aliphatic heterocycles. The highest BCUT2D eigenvalue weighted by atomic mass is 16.5. The Morgan fingerprint density at radius 1 is 1.14 bits per heavy atom. The van der Waals surface area contributed by atoms with Gasteiger partial charge in [0.15, 0.2) is 0 Å². The van der Waals surface area contributed by atoms with Crippen LogP contribution in [0.4, 0.5) is 0 Å². The van der Waals surface area contributed by atoms with E-state index in [0.717, 1.165) is 81.9 Å². The zero-order chi connectivity index (χ0) is 18.9. The van der Waals surface area contributed by atoms with Crippen LogP contribution in [-0.4, -0.2) is 46.2 Å². The largest absolute Gasteiger partial charge is 0.381 e. The number of benzene rings is 1. The van der Waals surface area contributed by atoms with Gasteiger partial charge in [-0.15, -0.1) is 0 Å². The van der Waals surface area contributed by atoms with Crippen molar-refractivity contribution in [3.8, 4) is 11.4 Å². The summed E-state index contributed by atoms with van der Waals surface area (Å²) in [4.78, 5) is 20.7. The van der Waals surface area contributed by atoms with Crippen LogP contribution < -0.4 is 0 Å². The van der Waals surface area contributed by atoms with Gasteiger partial charge in [-0.25, -0.2) is 4.98 Å². The molecule has 1 atom stereocenters. The summed E-state index contributed by atoms with van der Waals surface area (Å²) in [6, 6.07) is 10.7. The number of rotatable bonds is 5. The topological polar surface area (TPSA) is 47.4 Å². The summed E-state index contributed by atoms with van der Waals surface area (Å²) in [6.45, 7) is 3.39. The smallest absolute Gasteiger partial charge is 0.274 e. The average Bonchev–Trinajstić information content (AvgIpc) is 3.40. The van der Waals surface area contributed by atoms with Crippen LogP contribution in [0.15, 0.2) is 30.3 Å². The predicted octanol–water partition coefficient (Wildman–Crippen LogP) is 3.92. The number of fused-ring (bicyclic) bond motifs is 1. The Hall–Kier alpha value is -2.14. The van der Waals surface area contributed by atoms with Crippen molar-refractivity contribution in [2.24, 2.45) is 5.92 Å². The van der Waals surface area contributed by atoms with Crippen LogP contribution in [0, 0.1) is 5.92 Å². The monoisotopic (exact) mass is 379 g/mol. The van der Waals surface area contributed by atoms with Gasteiger partial charge in [-0.05, 0) is 38.5 Å². The summed E-state index contributed by atoms with van der Waals surface area (Å²) in [5.74, 6) is 1.57. The molecular formula is C23H29N3O2. The van der Waals surface area contributed by atoms with Gasteiger partial charge in [0.1, 0.15) is 11.5 Å². The molecule has 1 amide bonds. The van der Waals surface area contributed by atoms with Gasteiger partial charge in [-0.1, -0.05) is 36.8 Å². The van der Waals surface area contributed by atoms with Crippen molar-refractivity contribution in [2.75, 3.05) is 19.8 Å². The molecule has 1 saturated carbocycles. The molecule has 5 nitrogen and oxygen atoms in total. The van der Waals surface area contributed by atoms with E-state index >= 15 is 0 Å². The summed E-state index contributed by atoms with van der Waals surface area (Å²) in [5.41, 5.74) is 2.95. The number of carbonyl (C=O) groups is 1. The van der Waals surface area contributed by atoms with E-state index in [0.29, 0.717) is 17.7 Å². The summed E-state index contributed by atoms with van der Waals surface area (Å²) < 4.78 is 7.87. The number of hydrogen-bond donors (Lipinski definition) is 0. The van der Waals surface area contributed by atoms with Gasteiger partial charge in [0.05, 0.1) is 12.3 Å². The van der Waals surface area contributed by atoms with Crippen molar-refractivity contribution in [3.05, 3.63) is 41.7 Å². The molecule has 0 N–H and O–H groups in total. The van der Waals surface area contributed by atoms with Crippen LogP contribution in [0.2, 0.25) is 0 Å². The maximum Gasteiger partial charge on any atom is 0.274 e. The minimum absolute atomic E-state index is 0.141. The van der Waals surface area contributed by atoms with Gasteiger partial charge in [-0.2, -0.15) is 0 Å². The highest BCUT2D eigenvalue weighted by molar-refractivity contribution is 5.95. The molecule has 0 bridgehead atoms. The highest BCUT2D eigenvalue weighted by Gasteiger charge is 2.37. The molecule has 5 heteroatoms. The number of hydrogen-bond acceptors (Lipinski definition) is 3. The minimum Gasteiger partial charge on any atom is -0.381 e. The molecule has 1 saturated heterocycles. The van der Waals surface area contributed by atoms with Crippen molar-refractivity contribution in [1.29, 1.82) is 0 Å². The Morgan fingerprint density at radius 2 is 2.00 bits per heavy atom. The SMILES string of the molecule is O=C(c1nc(-c2ccccc2)n2c1CCCCC2)N(CC1CCOC1)C1CC1. The number of nitrogens with zero attached hydrogens (tertiary/aromatic N) is 3. The fourth-order valence-corrected chi connectivity index (χ4v) is 4.62. The summed E-state index contributed by atoms with van der Waals surface area (Å²) in [6.07, 6.45) is 7.78. The van der Waals surface area contributed by atoms with Crippen LogP contribution in [0.5, 0.6) is 0 Å². The van der Waals surface area contributed by atoms with Crippen molar-refractivity contribution in [3.63, 3.8) is 0 Å². The molecule has 2 aromatic rings. The van der Waals surface area contributed by atoms with E-state index in [1.807, 2.05) is 18.2 Å². The van der Waals surface area contributed by atoms with E-state index in [-0.39, 0.29) is 5.91 Å². The van der Waals surface area contributed by atoms with Gasteiger partial charge in [0.2, 0.25) is 0 Å². The normalized spacial score (nSPS) is 21.9. The average molecular weight is 380 g/mol. The van der Waals surface area contributed by atoms with Crippen molar-refractivity contribution < 1.29 is 9.53 Å². The first-order chi connectivity index (χ1) is 13.8. The minimum atomic E-state index is 0.141. The van der Waals surface area contributed by atoms with E-state index < -0.39 is 0 Å². The molecule has 1 unspecified atom stereocenters. The van der Waals surface area contributed by atoms with Gasteiger partial charge in [0.25, 0.3) is 5.91 Å². The fraction of sp³-hybridized carbons (Fsp3) is 0.565. The summed E-state index contributed by atoms with van der Waals surface area (Å²) >= 11 is 0. The first-order valence-corrected chi connectivity index (χ1v) is 10.8. The molecule has 3 heterocycles. The molecule has 1 aromatic carbocycles. The number of imidazole rings is 1. The lowest BCUT2D eigenvalue weighted by Crippen LogP contribution is -2.38. The van der Waals surface area contributed by atoms with Crippen LogP contribution >= 0.6 is 0 Å². The molecule has 3 aliphatic rings. The lowest BCUT2D eigenvalue weighted by atomic mass is 10.1. The highest BCUT2D eigenvalue weighted by Crippen LogP contribution is 2.33. The lowest BCUT2D eigenvalue weighted by molar-refractivity contribution is 0.0699. The number of amides is 1. The van der Waals surface area contributed by atoms with Crippen LogP contribution in [0.1, 0.15) is 54.7 Å². The van der Waals surface area contributed by atoms with Gasteiger partial charge >= 0.3 is 0 Å². The van der Waals surface area contributed by atoms with Crippen molar-refractivity contribution in [2.45, 2.75) is 57.5 Å². The first-order valence-electron chi connectivity index (χ1n) is 10.8. The fourth-order valence-electron chi connectivity index (χ4n) is 4.62. The maximum absolute atomic E-state index is 13.7. The number of aromatic nitrogens is 2. The van der Waals surface area contributed by atoms with Crippen LogP contribution in [0.3, 0.4) is 0 Å². The third kappa shape index (κ3) is 3.48. The van der Waals surface area contributed by atoms with Gasteiger partial charge in [-0.3, -0.25) is 4.79 Å². The molecule has 148 valence electrons. The quantitative estimate of drug-likeness (QED) is 0.791. The molecule has 28 heavy (non-hydrogen) atoms. The van der Waals surface area contributed by atoms with E-state index in [1.165, 1.54) is 6.42 Å². The van der Waals surface area contributed by atoms with E-state index in [1.54, 1.807) is 0 Å². The molecule has 2 fully saturated rings. The molecule has 1 aromatic heterocycles. The Balaban J connectivity index is 1.51. The second kappa shape index (κ2) is 7.70. The molecular weight excluding hydrogens is 350 g/mol.